The van der Waals surface area contributed by atoms with Crippen LogP contribution in [0.1, 0.15) is 58.4 Å². The Morgan fingerprint density at radius 3 is 2.58 bits per heavy atom. The third-order valence-corrected chi connectivity index (χ3v) is 6.76. The number of rotatable bonds is 11. The standard InChI is InChI=1S/C28H38N4O6/c1-28(2,35)18-31-14-13-24(30-31)29-27(34)21(15-19-9-6-5-7-10-19)32-17-20(16-25(32)33)38-23-12-8-11-22(36-3)26(23)37-4/h8,11-14,16-17,19,21,33,35H,5-7,9-10,15,18H2,1-4H3,(H,29,30,34)/t21-/m0/s1. The zero-order valence-corrected chi connectivity index (χ0v) is 22.5. The van der Waals surface area contributed by atoms with E-state index in [-0.39, 0.29) is 11.8 Å². The Labute approximate surface area is 223 Å². The molecule has 0 bridgehead atoms. The van der Waals surface area contributed by atoms with Crippen LogP contribution in [0.2, 0.25) is 0 Å². The van der Waals surface area contributed by atoms with Crippen LogP contribution in [-0.2, 0) is 11.3 Å². The number of para-hydroxylation sites is 1. The predicted octanol–water partition coefficient (Wildman–Crippen LogP) is 5.12. The van der Waals surface area contributed by atoms with E-state index in [4.69, 9.17) is 14.2 Å². The Kier molecular flexibility index (Phi) is 8.51. The Morgan fingerprint density at radius 2 is 1.89 bits per heavy atom. The lowest BCUT2D eigenvalue weighted by molar-refractivity contribution is -0.120. The molecule has 1 aromatic carbocycles. The first-order chi connectivity index (χ1) is 18.2. The van der Waals surface area contributed by atoms with Crippen molar-refractivity contribution in [3.8, 4) is 28.9 Å². The molecule has 1 atom stereocenters. The van der Waals surface area contributed by atoms with E-state index in [0.717, 1.165) is 25.7 Å². The molecule has 0 radical (unpaired) electrons. The molecule has 2 heterocycles. The van der Waals surface area contributed by atoms with E-state index < -0.39 is 11.6 Å². The first-order valence-electron chi connectivity index (χ1n) is 13.0. The number of amides is 1. The number of hydrogen-bond donors (Lipinski definition) is 3. The molecule has 206 valence electrons. The average molecular weight is 527 g/mol. The number of nitrogens with zero attached hydrogens (tertiary/aromatic N) is 3. The average Bonchev–Trinajstić information content (AvgIpc) is 3.46. The van der Waals surface area contributed by atoms with Gasteiger partial charge in [-0.2, -0.15) is 5.10 Å². The molecule has 3 aromatic rings. The first kappa shape index (κ1) is 27.4. The quantitative estimate of drug-likeness (QED) is 0.317. The van der Waals surface area contributed by atoms with Crippen molar-refractivity contribution in [2.75, 3.05) is 19.5 Å². The molecule has 0 saturated heterocycles. The van der Waals surface area contributed by atoms with Crippen LogP contribution in [0, 0.1) is 5.92 Å². The van der Waals surface area contributed by atoms with Crippen LogP contribution in [0.4, 0.5) is 5.82 Å². The molecule has 0 spiro atoms. The van der Waals surface area contributed by atoms with Gasteiger partial charge in [0.1, 0.15) is 11.8 Å². The van der Waals surface area contributed by atoms with E-state index in [0.29, 0.717) is 47.7 Å². The summed E-state index contributed by atoms with van der Waals surface area (Å²) < 4.78 is 20.0. The van der Waals surface area contributed by atoms with Gasteiger partial charge in [-0.1, -0.05) is 38.2 Å². The number of ether oxygens (including phenoxy) is 3. The number of aromatic hydroxyl groups is 1. The third kappa shape index (κ3) is 6.80. The minimum absolute atomic E-state index is 0.0784. The van der Waals surface area contributed by atoms with Crippen molar-refractivity contribution in [3.05, 3.63) is 42.7 Å². The van der Waals surface area contributed by atoms with Crippen LogP contribution in [-0.4, -0.2) is 50.3 Å². The molecule has 3 N–H and O–H groups in total. The van der Waals surface area contributed by atoms with E-state index in [1.165, 1.54) is 19.6 Å². The van der Waals surface area contributed by atoms with Crippen molar-refractivity contribution in [1.29, 1.82) is 0 Å². The lowest BCUT2D eigenvalue weighted by Crippen LogP contribution is -2.29. The summed E-state index contributed by atoms with van der Waals surface area (Å²) in [7, 11) is 3.08. The van der Waals surface area contributed by atoms with E-state index in [1.807, 2.05) is 0 Å². The molecule has 1 saturated carbocycles. The minimum atomic E-state index is -0.935. The number of aliphatic hydroxyl groups is 1. The second kappa shape index (κ2) is 11.8. The van der Waals surface area contributed by atoms with Crippen molar-refractivity contribution < 1.29 is 29.2 Å². The summed E-state index contributed by atoms with van der Waals surface area (Å²) in [5.74, 6) is 2.15. The summed E-state index contributed by atoms with van der Waals surface area (Å²) in [6, 6.07) is 7.80. The lowest BCUT2D eigenvalue weighted by atomic mass is 9.84. The van der Waals surface area contributed by atoms with Gasteiger partial charge in [0.2, 0.25) is 11.7 Å². The summed E-state index contributed by atoms with van der Waals surface area (Å²) in [4.78, 5) is 13.6. The Balaban J connectivity index is 1.58. The molecule has 1 fully saturated rings. The highest BCUT2D eigenvalue weighted by atomic mass is 16.5. The van der Waals surface area contributed by atoms with Crippen LogP contribution < -0.4 is 19.5 Å². The number of aromatic nitrogens is 3. The van der Waals surface area contributed by atoms with Crippen LogP contribution in [0.3, 0.4) is 0 Å². The van der Waals surface area contributed by atoms with Gasteiger partial charge in [-0.3, -0.25) is 9.48 Å². The van der Waals surface area contributed by atoms with Crippen LogP contribution in [0.15, 0.2) is 42.7 Å². The van der Waals surface area contributed by atoms with Crippen molar-refractivity contribution >= 4 is 11.7 Å². The Bertz CT molecular complexity index is 1220. The van der Waals surface area contributed by atoms with E-state index in [1.54, 1.807) is 66.9 Å². The number of carbonyl (C=O) groups is 1. The summed E-state index contributed by atoms with van der Waals surface area (Å²) in [5, 5.41) is 28.2. The maximum atomic E-state index is 13.6. The fourth-order valence-corrected chi connectivity index (χ4v) is 5.02. The second-order valence-corrected chi connectivity index (χ2v) is 10.5. The van der Waals surface area contributed by atoms with E-state index in [2.05, 4.69) is 10.4 Å². The van der Waals surface area contributed by atoms with Crippen molar-refractivity contribution in [2.24, 2.45) is 5.92 Å². The number of anilines is 1. The molecular weight excluding hydrogens is 488 g/mol. The SMILES string of the molecule is COc1cccc(Oc2cc(O)n([C@@H](CC3CCCCC3)C(=O)Nc3ccn(CC(C)(C)O)n3)c2)c1OC. The van der Waals surface area contributed by atoms with Gasteiger partial charge in [0.15, 0.2) is 23.2 Å². The van der Waals surface area contributed by atoms with Gasteiger partial charge in [0.05, 0.1) is 32.6 Å². The molecule has 0 aliphatic heterocycles. The number of carbonyl (C=O) groups excluding carboxylic acids is 1. The molecule has 1 amide bonds. The predicted molar refractivity (Wildman–Crippen MR) is 143 cm³/mol. The van der Waals surface area contributed by atoms with E-state index in [9.17, 15) is 15.0 Å². The minimum Gasteiger partial charge on any atom is -0.494 e. The zero-order chi connectivity index (χ0) is 27.3. The van der Waals surface area contributed by atoms with E-state index >= 15 is 0 Å². The fraction of sp³-hybridized carbons (Fsp3) is 0.500. The van der Waals surface area contributed by atoms with Crippen molar-refractivity contribution in [1.82, 2.24) is 14.3 Å². The molecule has 1 aliphatic carbocycles. The summed E-state index contributed by atoms with van der Waals surface area (Å²) >= 11 is 0. The smallest absolute Gasteiger partial charge is 0.248 e. The zero-order valence-electron chi connectivity index (χ0n) is 22.5. The summed E-state index contributed by atoms with van der Waals surface area (Å²) in [6.45, 7) is 3.69. The second-order valence-electron chi connectivity index (χ2n) is 10.5. The molecular formula is C28H38N4O6. The maximum absolute atomic E-state index is 13.6. The maximum Gasteiger partial charge on any atom is 0.248 e. The molecule has 4 rings (SSSR count). The third-order valence-electron chi connectivity index (χ3n) is 6.76. The van der Waals surface area contributed by atoms with Crippen molar-refractivity contribution in [3.63, 3.8) is 0 Å². The fourth-order valence-electron chi connectivity index (χ4n) is 5.02. The molecule has 1 aliphatic rings. The highest BCUT2D eigenvalue weighted by Gasteiger charge is 2.29. The van der Waals surface area contributed by atoms with Crippen molar-refractivity contribution in [2.45, 2.75) is 70.6 Å². The Hall–Kier alpha value is -3.66. The lowest BCUT2D eigenvalue weighted by Gasteiger charge is -2.27. The summed E-state index contributed by atoms with van der Waals surface area (Å²) in [6.07, 6.45) is 9.52. The monoisotopic (exact) mass is 526 g/mol. The molecule has 0 unspecified atom stereocenters. The highest BCUT2D eigenvalue weighted by molar-refractivity contribution is 5.93. The highest BCUT2D eigenvalue weighted by Crippen LogP contribution is 2.41. The largest absolute Gasteiger partial charge is 0.494 e. The van der Waals surface area contributed by atoms with Gasteiger partial charge in [0.25, 0.3) is 0 Å². The molecule has 10 nitrogen and oxygen atoms in total. The number of methoxy groups -OCH3 is 2. The van der Waals surface area contributed by atoms with Crippen LogP contribution in [0.25, 0.3) is 0 Å². The molecule has 10 heteroatoms. The number of nitrogens with one attached hydrogen (secondary N) is 1. The number of benzene rings is 1. The van der Waals surface area contributed by atoms with Crippen LogP contribution >= 0.6 is 0 Å². The van der Waals surface area contributed by atoms with Gasteiger partial charge >= 0.3 is 0 Å². The normalized spacial score (nSPS) is 15.2. The van der Waals surface area contributed by atoms with Gasteiger partial charge < -0.3 is 34.3 Å². The molecule has 2 aromatic heterocycles. The van der Waals surface area contributed by atoms with Gasteiger partial charge in [-0.15, -0.1) is 0 Å². The topological polar surface area (TPSA) is 120 Å². The van der Waals surface area contributed by atoms with Gasteiger partial charge in [-0.05, 0) is 38.3 Å². The van der Waals surface area contributed by atoms with Gasteiger partial charge in [-0.25, -0.2) is 0 Å². The molecule has 38 heavy (non-hydrogen) atoms. The Morgan fingerprint density at radius 1 is 1.16 bits per heavy atom. The summed E-state index contributed by atoms with van der Waals surface area (Å²) in [5.41, 5.74) is -0.935. The van der Waals surface area contributed by atoms with Gasteiger partial charge in [0, 0.05) is 18.3 Å². The van der Waals surface area contributed by atoms with Crippen LogP contribution in [0.5, 0.6) is 28.9 Å². The number of hydrogen-bond acceptors (Lipinski definition) is 7. The first-order valence-corrected chi connectivity index (χ1v) is 13.0.